The predicted octanol–water partition coefficient (Wildman–Crippen LogP) is 2.34. The molecule has 1 unspecified atom stereocenters. The third kappa shape index (κ3) is 3.70. The molecule has 0 saturated heterocycles. The molecule has 0 heterocycles. The van der Waals surface area contributed by atoms with Gasteiger partial charge in [-0.2, -0.15) is 11.8 Å². The summed E-state index contributed by atoms with van der Waals surface area (Å²) in [5.74, 6) is 0.00733. The van der Waals surface area contributed by atoms with Crippen LogP contribution < -0.4 is 5.73 Å². The number of hydrogen-bond acceptors (Lipinski definition) is 4. The standard InChI is InChI=1S/C14H20FNO2S/c1-3-18-13(17)14(10-16,7-8-19-2)11-5-4-6-12(15)9-11/h4-6,9H,3,7-8,10,16H2,1-2H3. The van der Waals surface area contributed by atoms with Gasteiger partial charge in [0.15, 0.2) is 0 Å². The van der Waals surface area contributed by atoms with E-state index >= 15 is 0 Å². The van der Waals surface area contributed by atoms with E-state index in [0.717, 1.165) is 5.75 Å². The Morgan fingerprint density at radius 1 is 1.53 bits per heavy atom. The zero-order valence-electron chi connectivity index (χ0n) is 11.3. The number of rotatable bonds is 7. The Hall–Kier alpha value is -1.07. The van der Waals surface area contributed by atoms with Crippen LogP contribution in [0.25, 0.3) is 0 Å². The summed E-state index contributed by atoms with van der Waals surface area (Å²) in [6.07, 6.45) is 2.49. The molecule has 3 nitrogen and oxygen atoms in total. The van der Waals surface area contributed by atoms with Crippen LogP contribution in [0.2, 0.25) is 0 Å². The lowest BCUT2D eigenvalue weighted by atomic mass is 9.78. The van der Waals surface area contributed by atoms with Gasteiger partial charge in [0.1, 0.15) is 11.2 Å². The van der Waals surface area contributed by atoms with Crippen LogP contribution in [-0.2, 0) is 14.9 Å². The molecule has 19 heavy (non-hydrogen) atoms. The molecule has 0 spiro atoms. The van der Waals surface area contributed by atoms with Crippen LogP contribution in [-0.4, -0.2) is 31.1 Å². The summed E-state index contributed by atoms with van der Waals surface area (Å²) in [5.41, 5.74) is 5.46. The van der Waals surface area contributed by atoms with E-state index in [9.17, 15) is 9.18 Å². The molecule has 0 aliphatic rings. The molecule has 0 fully saturated rings. The highest BCUT2D eigenvalue weighted by atomic mass is 32.2. The number of esters is 1. The highest BCUT2D eigenvalue weighted by Gasteiger charge is 2.40. The summed E-state index contributed by atoms with van der Waals surface area (Å²) in [6.45, 7) is 2.14. The molecule has 0 bridgehead atoms. The largest absolute Gasteiger partial charge is 0.465 e. The highest BCUT2D eigenvalue weighted by molar-refractivity contribution is 7.98. The maximum Gasteiger partial charge on any atom is 0.317 e. The third-order valence-corrected chi connectivity index (χ3v) is 3.74. The summed E-state index contributed by atoms with van der Waals surface area (Å²) in [5, 5.41) is 0. The van der Waals surface area contributed by atoms with Gasteiger partial charge in [0.2, 0.25) is 0 Å². The maximum absolute atomic E-state index is 13.4. The van der Waals surface area contributed by atoms with Gasteiger partial charge in [-0.15, -0.1) is 0 Å². The van der Waals surface area contributed by atoms with Crippen molar-refractivity contribution in [3.05, 3.63) is 35.6 Å². The zero-order valence-corrected chi connectivity index (χ0v) is 12.1. The van der Waals surface area contributed by atoms with Gasteiger partial charge in [-0.3, -0.25) is 4.79 Å². The molecule has 0 aromatic heterocycles. The van der Waals surface area contributed by atoms with E-state index in [0.29, 0.717) is 12.0 Å². The monoisotopic (exact) mass is 285 g/mol. The van der Waals surface area contributed by atoms with Gasteiger partial charge in [-0.05, 0) is 43.0 Å². The van der Waals surface area contributed by atoms with E-state index < -0.39 is 5.41 Å². The van der Waals surface area contributed by atoms with E-state index in [1.54, 1.807) is 30.8 Å². The third-order valence-electron chi connectivity index (χ3n) is 3.12. The average Bonchev–Trinajstić information content (AvgIpc) is 2.40. The number of ether oxygens (including phenoxy) is 1. The first kappa shape index (κ1) is 16.0. The topological polar surface area (TPSA) is 52.3 Å². The van der Waals surface area contributed by atoms with Crippen molar-refractivity contribution in [3.63, 3.8) is 0 Å². The van der Waals surface area contributed by atoms with Crippen molar-refractivity contribution < 1.29 is 13.9 Å². The van der Waals surface area contributed by atoms with Gasteiger partial charge in [0, 0.05) is 6.54 Å². The van der Waals surface area contributed by atoms with Crippen molar-refractivity contribution in [3.8, 4) is 0 Å². The van der Waals surface area contributed by atoms with Crippen molar-refractivity contribution in [1.29, 1.82) is 0 Å². The van der Waals surface area contributed by atoms with Crippen LogP contribution in [0.5, 0.6) is 0 Å². The van der Waals surface area contributed by atoms with Crippen molar-refractivity contribution in [1.82, 2.24) is 0 Å². The van der Waals surface area contributed by atoms with Crippen molar-refractivity contribution in [2.24, 2.45) is 5.73 Å². The molecular formula is C14H20FNO2S. The molecule has 0 amide bonds. The number of nitrogens with two attached hydrogens (primary N) is 1. The quantitative estimate of drug-likeness (QED) is 0.781. The second-order valence-corrected chi connectivity index (χ2v) is 5.25. The predicted molar refractivity (Wildman–Crippen MR) is 76.8 cm³/mol. The molecule has 1 rings (SSSR count). The summed E-state index contributed by atoms with van der Waals surface area (Å²) in [6, 6.07) is 6.04. The molecular weight excluding hydrogens is 265 g/mol. The molecule has 0 aliphatic heterocycles. The molecule has 1 aromatic carbocycles. The number of benzene rings is 1. The highest BCUT2D eigenvalue weighted by Crippen LogP contribution is 2.30. The molecule has 5 heteroatoms. The first-order chi connectivity index (χ1) is 9.10. The SMILES string of the molecule is CCOC(=O)C(CN)(CCSC)c1cccc(F)c1. The van der Waals surface area contributed by atoms with E-state index in [1.165, 1.54) is 12.1 Å². The zero-order chi connectivity index (χ0) is 14.3. The fourth-order valence-electron chi connectivity index (χ4n) is 2.00. The van der Waals surface area contributed by atoms with Crippen LogP contribution >= 0.6 is 11.8 Å². The lowest BCUT2D eigenvalue weighted by Gasteiger charge is -2.30. The lowest BCUT2D eigenvalue weighted by molar-refractivity contribution is -0.150. The lowest BCUT2D eigenvalue weighted by Crippen LogP contribution is -2.45. The Kier molecular flexibility index (Phi) is 6.31. The van der Waals surface area contributed by atoms with E-state index in [1.807, 2.05) is 6.26 Å². The van der Waals surface area contributed by atoms with Gasteiger partial charge < -0.3 is 10.5 Å². The Bertz CT molecular complexity index is 428. The summed E-state index contributed by atoms with van der Waals surface area (Å²) in [7, 11) is 0. The van der Waals surface area contributed by atoms with E-state index in [-0.39, 0.29) is 24.9 Å². The van der Waals surface area contributed by atoms with Gasteiger partial charge in [0.05, 0.1) is 6.61 Å². The number of thioether (sulfide) groups is 1. The minimum Gasteiger partial charge on any atom is -0.465 e. The van der Waals surface area contributed by atoms with E-state index in [4.69, 9.17) is 10.5 Å². The van der Waals surface area contributed by atoms with Gasteiger partial charge >= 0.3 is 5.97 Å². The Morgan fingerprint density at radius 2 is 2.26 bits per heavy atom. The van der Waals surface area contributed by atoms with Gasteiger partial charge in [-0.25, -0.2) is 4.39 Å². The van der Waals surface area contributed by atoms with Crippen LogP contribution in [0.3, 0.4) is 0 Å². The Balaban J connectivity index is 3.18. The molecule has 0 aliphatic carbocycles. The van der Waals surface area contributed by atoms with Crippen LogP contribution in [0.1, 0.15) is 18.9 Å². The molecule has 1 aromatic rings. The normalized spacial score (nSPS) is 13.9. The second kappa shape index (κ2) is 7.50. The van der Waals surface area contributed by atoms with Gasteiger partial charge in [0.25, 0.3) is 0 Å². The number of hydrogen-bond donors (Lipinski definition) is 1. The Morgan fingerprint density at radius 3 is 2.79 bits per heavy atom. The maximum atomic E-state index is 13.4. The Labute approximate surface area is 117 Å². The van der Waals surface area contributed by atoms with Crippen LogP contribution in [0.4, 0.5) is 4.39 Å². The van der Waals surface area contributed by atoms with Crippen molar-refractivity contribution in [2.75, 3.05) is 25.2 Å². The number of carbonyl (C=O) groups excluding carboxylic acids is 1. The molecule has 2 N–H and O–H groups in total. The van der Waals surface area contributed by atoms with Crippen LogP contribution in [0.15, 0.2) is 24.3 Å². The summed E-state index contributed by atoms with van der Waals surface area (Å²) < 4.78 is 18.5. The second-order valence-electron chi connectivity index (χ2n) is 4.26. The summed E-state index contributed by atoms with van der Waals surface area (Å²) in [4.78, 5) is 12.3. The molecule has 0 radical (unpaired) electrons. The van der Waals surface area contributed by atoms with Crippen LogP contribution in [0, 0.1) is 5.82 Å². The first-order valence-corrected chi connectivity index (χ1v) is 7.62. The number of carbonyl (C=O) groups is 1. The molecule has 0 saturated carbocycles. The smallest absolute Gasteiger partial charge is 0.317 e. The number of halogens is 1. The molecule has 106 valence electrons. The summed E-state index contributed by atoms with van der Waals surface area (Å²) >= 11 is 1.62. The fraction of sp³-hybridized carbons (Fsp3) is 0.500. The van der Waals surface area contributed by atoms with E-state index in [2.05, 4.69) is 0 Å². The minimum atomic E-state index is -0.957. The van der Waals surface area contributed by atoms with Crippen molar-refractivity contribution in [2.45, 2.75) is 18.8 Å². The first-order valence-electron chi connectivity index (χ1n) is 6.23. The van der Waals surface area contributed by atoms with Crippen molar-refractivity contribution >= 4 is 17.7 Å². The fourth-order valence-corrected chi connectivity index (χ4v) is 2.55. The molecule has 1 atom stereocenters. The minimum absolute atomic E-state index is 0.107. The van der Waals surface area contributed by atoms with Gasteiger partial charge in [-0.1, -0.05) is 12.1 Å². The average molecular weight is 285 g/mol.